The van der Waals surface area contributed by atoms with Gasteiger partial charge in [0.1, 0.15) is 5.52 Å². The molecule has 0 aliphatic carbocycles. The fourth-order valence-corrected chi connectivity index (χ4v) is 5.02. The molecule has 0 radical (unpaired) electrons. The van der Waals surface area contributed by atoms with E-state index in [-0.39, 0.29) is 36.8 Å². The Balaban J connectivity index is 2.11. The molecule has 0 spiro atoms. The second kappa shape index (κ2) is 7.69. The standard InChI is InChI=1S/C22H11Cl2FN2O2S/c23-15-5-2-4-14(10-15)20-17-7-8-18(24)21(25)22(17)27-12-19(20)30(28,29)16-6-1-3-13(9-16)11-26/h1-10,12H. The zero-order valence-electron chi connectivity index (χ0n) is 15.1. The molecule has 0 atom stereocenters. The largest absolute Gasteiger partial charge is 0.252 e. The number of aromatic nitrogens is 1. The van der Waals surface area contributed by atoms with Crippen LogP contribution in [0.1, 0.15) is 5.56 Å². The molecule has 0 saturated carbocycles. The number of rotatable bonds is 3. The van der Waals surface area contributed by atoms with Crippen LogP contribution in [0.25, 0.3) is 22.0 Å². The maximum absolute atomic E-state index is 14.6. The average Bonchev–Trinajstić information content (AvgIpc) is 2.75. The molecule has 0 bridgehead atoms. The van der Waals surface area contributed by atoms with Crippen LogP contribution in [0.15, 0.2) is 76.7 Å². The van der Waals surface area contributed by atoms with E-state index in [4.69, 9.17) is 28.5 Å². The Labute approximate surface area is 182 Å². The van der Waals surface area contributed by atoms with Gasteiger partial charge in [0.15, 0.2) is 5.82 Å². The summed E-state index contributed by atoms with van der Waals surface area (Å²) in [5, 5.41) is 9.68. The van der Waals surface area contributed by atoms with Crippen molar-refractivity contribution in [1.82, 2.24) is 4.98 Å². The first-order valence-corrected chi connectivity index (χ1v) is 10.8. The van der Waals surface area contributed by atoms with E-state index < -0.39 is 15.7 Å². The van der Waals surface area contributed by atoms with Gasteiger partial charge in [0.05, 0.1) is 26.4 Å². The Bertz CT molecular complexity index is 1460. The second-order valence-corrected chi connectivity index (χ2v) is 9.17. The molecular formula is C22H11Cl2FN2O2S. The number of fused-ring (bicyclic) bond motifs is 1. The SMILES string of the molecule is N#Cc1cccc(S(=O)(=O)c2cnc3c(F)c(Cl)ccc3c2-c2cccc(Cl)c2)c1. The molecule has 0 fully saturated rings. The van der Waals surface area contributed by atoms with Crippen molar-refractivity contribution in [1.29, 1.82) is 5.26 Å². The Morgan fingerprint density at radius 2 is 1.77 bits per heavy atom. The number of benzene rings is 3. The molecule has 4 nitrogen and oxygen atoms in total. The summed E-state index contributed by atoms with van der Waals surface area (Å²) in [5.74, 6) is -0.743. The monoisotopic (exact) mass is 456 g/mol. The smallest absolute Gasteiger partial charge is 0.208 e. The molecule has 0 aliphatic heterocycles. The van der Waals surface area contributed by atoms with Crippen LogP contribution < -0.4 is 0 Å². The van der Waals surface area contributed by atoms with Crippen LogP contribution in [-0.2, 0) is 9.84 Å². The highest BCUT2D eigenvalue weighted by molar-refractivity contribution is 7.91. The predicted octanol–water partition coefficient (Wildman–Crippen LogP) is 6.05. The maximum atomic E-state index is 14.6. The van der Waals surface area contributed by atoms with E-state index in [0.29, 0.717) is 10.6 Å². The number of halogens is 3. The van der Waals surface area contributed by atoms with Crippen molar-refractivity contribution < 1.29 is 12.8 Å². The minimum absolute atomic E-state index is 0.0535. The van der Waals surface area contributed by atoms with Crippen molar-refractivity contribution in [2.75, 3.05) is 0 Å². The molecule has 0 saturated heterocycles. The van der Waals surface area contributed by atoms with Gasteiger partial charge in [-0.25, -0.2) is 12.8 Å². The van der Waals surface area contributed by atoms with Gasteiger partial charge in [-0.2, -0.15) is 5.26 Å². The van der Waals surface area contributed by atoms with Crippen LogP contribution in [0.5, 0.6) is 0 Å². The van der Waals surface area contributed by atoms with Gasteiger partial charge in [0, 0.05) is 22.2 Å². The third-order valence-corrected chi connectivity index (χ3v) is 6.86. The van der Waals surface area contributed by atoms with Gasteiger partial charge >= 0.3 is 0 Å². The van der Waals surface area contributed by atoms with Gasteiger partial charge in [-0.05, 0) is 42.0 Å². The molecule has 0 unspecified atom stereocenters. The van der Waals surface area contributed by atoms with Crippen LogP contribution in [0.2, 0.25) is 10.0 Å². The summed E-state index contributed by atoms with van der Waals surface area (Å²) in [6, 6.07) is 17.1. The van der Waals surface area contributed by atoms with Gasteiger partial charge < -0.3 is 0 Å². The van der Waals surface area contributed by atoms with Gasteiger partial charge in [-0.1, -0.05) is 47.5 Å². The van der Waals surface area contributed by atoms with E-state index in [0.717, 1.165) is 6.20 Å². The Morgan fingerprint density at radius 3 is 2.50 bits per heavy atom. The van der Waals surface area contributed by atoms with Crippen molar-refractivity contribution in [3.05, 3.63) is 88.3 Å². The number of pyridine rings is 1. The highest BCUT2D eigenvalue weighted by atomic mass is 35.5. The lowest BCUT2D eigenvalue weighted by Gasteiger charge is -2.15. The first-order chi connectivity index (χ1) is 14.3. The van der Waals surface area contributed by atoms with E-state index in [9.17, 15) is 12.8 Å². The molecule has 1 aromatic heterocycles. The predicted molar refractivity (Wildman–Crippen MR) is 114 cm³/mol. The highest BCUT2D eigenvalue weighted by Crippen LogP contribution is 2.39. The van der Waals surface area contributed by atoms with Crippen LogP contribution in [0, 0.1) is 17.1 Å². The fraction of sp³-hybridized carbons (Fsp3) is 0. The summed E-state index contributed by atoms with van der Waals surface area (Å²) in [4.78, 5) is 3.85. The summed E-state index contributed by atoms with van der Waals surface area (Å²) in [7, 11) is -4.09. The summed E-state index contributed by atoms with van der Waals surface area (Å²) in [5.41, 5.74) is 0.876. The molecule has 30 heavy (non-hydrogen) atoms. The second-order valence-electron chi connectivity index (χ2n) is 6.41. The van der Waals surface area contributed by atoms with Gasteiger partial charge in [0.25, 0.3) is 0 Å². The zero-order valence-corrected chi connectivity index (χ0v) is 17.4. The average molecular weight is 457 g/mol. The minimum atomic E-state index is -4.09. The maximum Gasteiger partial charge on any atom is 0.208 e. The lowest BCUT2D eigenvalue weighted by Crippen LogP contribution is -2.06. The summed E-state index contributed by atoms with van der Waals surface area (Å²) >= 11 is 12.0. The lowest BCUT2D eigenvalue weighted by molar-refractivity contribution is 0.596. The Kier molecular flexibility index (Phi) is 5.20. The molecule has 0 amide bonds. The fourth-order valence-electron chi connectivity index (χ4n) is 3.19. The molecule has 0 aliphatic rings. The van der Waals surface area contributed by atoms with Crippen LogP contribution in [0.4, 0.5) is 4.39 Å². The van der Waals surface area contributed by atoms with Gasteiger partial charge in [-0.15, -0.1) is 0 Å². The topological polar surface area (TPSA) is 70.8 Å². The third kappa shape index (κ3) is 3.41. The minimum Gasteiger partial charge on any atom is -0.252 e. The van der Waals surface area contributed by atoms with Crippen LogP contribution in [0.3, 0.4) is 0 Å². The number of nitrogens with zero attached hydrogens (tertiary/aromatic N) is 2. The van der Waals surface area contributed by atoms with E-state index in [1.165, 1.54) is 36.4 Å². The van der Waals surface area contributed by atoms with Crippen LogP contribution >= 0.6 is 23.2 Å². The molecular weight excluding hydrogens is 446 g/mol. The van der Waals surface area contributed by atoms with Crippen molar-refractivity contribution in [2.45, 2.75) is 9.79 Å². The molecule has 4 aromatic rings. The quantitative estimate of drug-likeness (QED) is 0.376. The van der Waals surface area contributed by atoms with Crippen molar-refractivity contribution in [3.63, 3.8) is 0 Å². The van der Waals surface area contributed by atoms with Crippen molar-refractivity contribution in [3.8, 4) is 17.2 Å². The molecule has 0 N–H and O–H groups in total. The molecule has 1 heterocycles. The van der Waals surface area contributed by atoms with Crippen LogP contribution in [-0.4, -0.2) is 13.4 Å². The number of hydrogen-bond donors (Lipinski definition) is 0. The normalized spacial score (nSPS) is 11.4. The van der Waals surface area contributed by atoms with E-state index in [2.05, 4.69) is 4.98 Å². The summed E-state index contributed by atoms with van der Waals surface area (Å²) < 4.78 is 41.6. The first-order valence-electron chi connectivity index (χ1n) is 8.61. The Hall–Kier alpha value is -2.98. The first kappa shape index (κ1) is 20.3. The van der Waals surface area contributed by atoms with E-state index >= 15 is 0 Å². The lowest BCUT2D eigenvalue weighted by atomic mass is 10.0. The zero-order chi connectivity index (χ0) is 21.5. The van der Waals surface area contributed by atoms with E-state index in [1.807, 2.05) is 6.07 Å². The highest BCUT2D eigenvalue weighted by Gasteiger charge is 2.26. The molecule has 3 aromatic carbocycles. The molecule has 8 heteroatoms. The molecule has 4 rings (SSSR count). The number of hydrogen-bond acceptors (Lipinski definition) is 4. The third-order valence-electron chi connectivity index (χ3n) is 4.57. The van der Waals surface area contributed by atoms with Gasteiger partial charge in [0.2, 0.25) is 9.84 Å². The van der Waals surface area contributed by atoms with Crippen molar-refractivity contribution >= 4 is 43.9 Å². The molecule has 148 valence electrons. The summed E-state index contributed by atoms with van der Waals surface area (Å²) in [6.07, 6.45) is 1.10. The summed E-state index contributed by atoms with van der Waals surface area (Å²) in [6.45, 7) is 0. The van der Waals surface area contributed by atoms with E-state index in [1.54, 1.807) is 24.3 Å². The number of nitriles is 1. The van der Waals surface area contributed by atoms with Crippen molar-refractivity contribution in [2.24, 2.45) is 0 Å². The Morgan fingerprint density at radius 1 is 1.00 bits per heavy atom. The number of sulfone groups is 1. The van der Waals surface area contributed by atoms with Gasteiger partial charge in [-0.3, -0.25) is 4.98 Å².